The van der Waals surface area contributed by atoms with Crippen LogP contribution >= 0.6 is 0 Å². The molecule has 0 aliphatic heterocycles. The second-order valence-corrected chi connectivity index (χ2v) is 19.3. The number of fused-ring (bicyclic) bond motifs is 3. The van der Waals surface area contributed by atoms with Crippen LogP contribution < -0.4 is 28.1 Å². The van der Waals surface area contributed by atoms with Gasteiger partial charge in [0.25, 0.3) is 0 Å². The molecule has 4 aromatic rings. The molecule has 0 heterocycles. The Hall–Kier alpha value is -3.25. The summed E-state index contributed by atoms with van der Waals surface area (Å²) in [6, 6.07) is 20.5. The third-order valence-electron chi connectivity index (χ3n) is 9.07. The van der Waals surface area contributed by atoms with Gasteiger partial charge in [-0.3, -0.25) is 0 Å². The largest absolute Gasteiger partial charge is 1.00 e. The molecule has 9 heteroatoms. The molecule has 0 N–H and O–H groups in total. The van der Waals surface area contributed by atoms with E-state index in [4.69, 9.17) is 0 Å². The Labute approximate surface area is 309 Å². The van der Waals surface area contributed by atoms with Gasteiger partial charge in [0.2, 0.25) is 0 Å². The Morgan fingerprint density at radius 3 is 1.76 bits per heavy atom. The topological polar surface area (TPSA) is 0 Å². The first-order valence-corrected chi connectivity index (χ1v) is 19.3. The van der Waals surface area contributed by atoms with E-state index < -0.39 is 44.7 Å². The molecule has 0 nitrogen and oxygen atoms in total. The standard InChI is InChI=1S/C17H13.C15H8F6.C9H13.2ClH.Zr/c1-3-12-5-7-14-11-15-8-6-13(4-2)10-17(15)16(14)9-12;16-14(17,18)12-5-1-3-10(8-12)7-11-4-2-6-13(9-11)15(19,20)21;1-9(2,3)8-6-4-5-7-8;;;/h3-7,9-10H,1-2,11H2;1-6,8-9H;6-7H,4H2,1-3H3;2*1H;/q;;;;;+2/p-2. The van der Waals surface area contributed by atoms with Crippen LogP contribution in [-0.4, -0.2) is 3.21 Å². The molecule has 0 fully saturated rings. The maximum atomic E-state index is 14.2. The van der Waals surface area contributed by atoms with Crippen molar-refractivity contribution in [3.05, 3.63) is 158 Å². The van der Waals surface area contributed by atoms with Crippen molar-refractivity contribution < 1.29 is 72.4 Å². The van der Waals surface area contributed by atoms with Gasteiger partial charge in [0.15, 0.2) is 0 Å². The first-order chi connectivity index (χ1) is 22.6. The number of rotatable bonds is 6. The van der Waals surface area contributed by atoms with Crippen molar-refractivity contribution in [2.24, 2.45) is 5.41 Å². The smallest absolute Gasteiger partial charge is 1.00 e. The molecule has 0 amide bonds. The molecule has 6 rings (SSSR count). The maximum absolute atomic E-state index is 14.2. The number of alkyl halides is 6. The summed E-state index contributed by atoms with van der Waals surface area (Å²) in [5.41, 5.74) is 5.93. The average molecular weight is 803 g/mol. The van der Waals surface area contributed by atoms with E-state index in [9.17, 15) is 26.3 Å². The first kappa shape index (κ1) is 39.5. The average Bonchev–Trinajstić information content (AvgIpc) is 3.68. The predicted molar refractivity (Wildman–Crippen MR) is 181 cm³/mol. The predicted octanol–water partition coefficient (Wildman–Crippen LogP) is 5.36. The second-order valence-electron chi connectivity index (χ2n) is 13.3. The van der Waals surface area contributed by atoms with Crippen LogP contribution in [0, 0.1) is 5.41 Å². The molecule has 50 heavy (non-hydrogen) atoms. The van der Waals surface area contributed by atoms with Gasteiger partial charge >= 0.3 is 286 Å². The minimum atomic E-state index is -4.62. The van der Waals surface area contributed by atoms with E-state index in [0.29, 0.717) is 27.2 Å². The van der Waals surface area contributed by atoms with Crippen LogP contribution in [0.15, 0.2) is 113 Å². The summed E-state index contributed by atoms with van der Waals surface area (Å²) >= 11 is -3.67. The number of allylic oxidation sites excluding steroid dienone is 4. The molecular weight excluding hydrogens is 769 g/mol. The molecule has 4 aromatic carbocycles. The third kappa shape index (κ3) is 7.81. The van der Waals surface area contributed by atoms with Gasteiger partial charge in [0.05, 0.1) is 0 Å². The van der Waals surface area contributed by atoms with E-state index in [1.54, 1.807) is 24.3 Å². The molecular formula is C41H34Cl2F6Zr. The van der Waals surface area contributed by atoms with E-state index >= 15 is 0 Å². The monoisotopic (exact) mass is 800 g/mol. The molecule has 0 aromatic heterocycles. The van der Waals surface area contributed by atoms with Gasteiger partial charge in [-0.1, -0.05) is 0 Å². The van der Waals surface area contributed by atoms with Crippen LogP contribution in [0.3, 0.4) is 0 Å². The van der Waals surface area contributed by atoms with Crippen molar-refractivity contribution >= 4 is 18.6 Å². The van der Waals surface area contributed by atoms with Gasteiger partial charge in [-0.2, -0.15) is 0 Å². The van der Waals surface area contributed by atoms with Crippen LogP contribution in [0.5, 0.6) is 0 Å². The Kier molecular flexibility index (Phi) is 11.7. The molecule has 258 valence electrons. The Morgan fingerprint density at radius 1 is 0.700 bits per heavy atom. The summed E-state index contributed by atoms with van der Waals surface area (Å²) in [4.78, 5) is 0. The van der Waals surface area contributed by atoms with Crippen molar-refractivity contribution in [1.29, 1.82) is 0 Å². The minimum absolute atomic E-state index is 0. The Morgan fingerprint density at radius 2 is 1.26 bits per heavy atom. The van der Waals surface area contributed by atoms with Crippen molar-refractivity contribution in [2.75, 3.05) is 0 Å². The summed E-state index contributed by atoms with van der Waals surface area (Å²) in [6.07, 6.45) is -0.173. The van der Waals surface area contributed by atoms with Crippen molar-refractivity contribution in [3.8, 4) is 11.1 Å². The van der Waals surface area contributed by atoms with Crippen LogP contribution in [0.2, 0.25) is 0 Å². The summed E-state index contributed by atoms with van der Waals surface area (Å²) in [6.45, 7) is 14.3. The summed E-state index contributed by atoms with van der Waals surface area (Å²) in [5, 5.41) is 0. The minimum Gasteiger partial charge on any atom is -1.00 e. The number of benzene rings is 4. The van der Waals surface area contributed by atoms with Crippen molar-refractivity contribution in [2.45, 2.75) is 46.0 Å². The number of halogens is 8. The van der Waals surface area contributed by atoms with Crippen LogP contribution in [-0.2, 0) is 40.0 Å². The summed E-state index contributed by atoms with van der Waals surface area (Å²) in [5.74, 6) is 0. The SMILES string of the molecule is C=Cc1ccc2c(c1)-c1cc(C=C)c[c]([Zr+2]([C]3=CC(C(C)(C)C)=CC3)=[C](c3cccc(C(F)(F)F)c3)c3cccc(C(F)(F)F)c3)c1C2.[Cl-].[Cl-]. The van der Waals surface area contributed by atoms with E-state index in [-0.39, 0.29) is 30.2 Å². The fourth-order valence-corrected chi connectivity index (χ4v) is 14.7. The molecule has 2 aliphatic rings. The molecule has 0 radical (unpaired) electrons. The van der Waals surface area contributed by atoms with Gasteiger partial charge in [0, 0.05) is 0 Å². The molecule has 2 aliphatic carbocycles. The molecule has 0 saturated carbocycles. The third-order valence-corrected chi connectivity index (χ3v) is 16.6. The zero-order valence-electron chi connectivity index (χ0n) is 27.7. The molecule has 0 saturated heterocycles. The first-order valence-electron chi connectivity index (χ1n) is 15.6. The second kappa shape index (κ2) is 14.8. The normalized spacial score (nSPS) is 13.4. The fourth-order valence-electron chi connectivity index (χ4n) is 6.63. The van der Waals surface area contributed by atoms with Gasteiger partial charge in [-0.15, -0.1) is 0 Å². The fraction of sp³-hybridized carbons (Fsp3) is 0.195. The van der Waals surface area contributed by atoms with E-state index in [2.05, 4.69) is 70.3 Å². The number of hydrogen-bond donors (Lipinski definition) is 0. The van der Waals surface area contributed by atoms with Crippen LogP contribution in [0.25, 0.3) is 23.3 Å². The molecule has 0 bridgehead atoms. The maximum Gasteiger partial charge on any atom is -1.00 e. The van der Waals surface area contributed by atoms with Crippen LogP contribution in [0.4, 0.5) is 26.3 Å². The molecule has 0 unspecified atom stereocenters. The summed E-state index contributed by atoms with van der Waals surface area (Å²) < 4.78 is 87.7. The van der Waals surface area contributed by atoms with Gasteiger partial charge in [-0.25, -0.2) is 0 Å². The zero-order valence-corrected chi connectivity index (χ0v) is 31.6. The van der Waals surface area contributed by atoms with E-state index in [0.717, 1.165) is 69.8 Å². The van der Waals surface area contributed by atoms with E-state index in [1.807, 2.05) is 6.07 Å². The van der Waals surface area contributed by atoms with Gasteiger partial charge in [0.1, 0.15) is 0 Å². The number of hydrogen-bond acceptors (Lipinski definition) is 0. The quantitative estimate of drug-likeness (QED) is 0.203. The molecule has 0 atom stereocenters. The Bertz CT molecular complexity index is 2010. The van der Waals surface area contributed by atoms with Gasteiger partial charge in [-0.05, 0) is 0 Å². The van der Waals surface area contributed by atoms with Crippen LogP contribution in [0.1, 0.15) is 71.7 Å². The van der Waals surface area contributed by atoms with Crippen molar-refractivity contribution in [1.82, 2.24) is 0 Å². The van der Waals surface area contributed by atoms with Gasteiger partial charge < -0.3 is 24.8 Å². The summed E-state index contributed by atoms with van der Waals surface area (Å²) in [7, 11) is 0. The zero-order chi connectivity index (χ0) is 34.6. The van der Waals surface area contributed by atoms with E-state index in [1.165, 1.54) is 12.1 Å². The molecule has 0 spiro atoms. The van der Waals surface area contributed by atoms with Crippen molar-refractivity contribution in [3.63, 3.8) is 0 Å². The Balaban J connectivity index is 0.00000281.